The maximum atomic E-state index is 12.6. The van der Waals surface area contributed by atoms with Gasteiger partial charge in [-0.25, -0.2) is 4.68 Å². The van der Waals surface area contributed by atoms with Gasteiger partial charge in [-0.1, -0.05) is 17.3 Å². The zero-order valence-electron chi connectivity index (χ0n) is 12.9. The first kappa shape index (κ1) is 15.2. The molecule has 9 nitrogen and oxygen atoms in total. The van der Waals surface area contributed by atoms with Gasteiger partial charge in [-0.3, -0.25) is 14.9 Å². The summed E-state index contributed by atoms with van der Waals surface area (Å²) in [6.45, 7) is 0.277. The summed E-state index contributed by atoms with van der Waals surface area (Å²) in [4.78, 5) is 23.2. The van der Waals surface area contributed by atoms with E-state index in [-0.39, 0.29) is 31.2 Å². The van der Waals surface area contributed by atoms with Crippen LogP contribution in [0.2, 0.25) is 0 Å². The summed E-state index contributed by atoms with van der Waals surface area (Å²) in [5.41, 5.74) is 1.13. The van der Waals surface area contributed by atoms with Crippen LogP contribution in [0.1, 0.15) is 11.1 Å². The molecule has 3 aromatic rings. The monoisotopic (exact) mass is 340 g/mol. The minimum absolute atomic E-state index is 0.0146. The highest BCUT2D eigenvalue weighted by molar-refractivity contribution is 5.76. The first-order chi connectivity index (χ1) is 12.1. The number of aromatic nitrogens is 3. The van der Waals surface area contributed by atoms with E-state index in [4.69, 9.17) is 9.47 Å². The molecule has 126 valence electrons. The largest absolute Gasteiger partial charge is 0.467 e. The molecular formula is C16H12N4O5. The number of hydrogen-bond acceptors (Lipinski definition) is 7. The minimum Gasteiger partial charge on any atom is -0.467 e. The molecule has 0 fully saturated rings. The topological polar surface area (TPSA) is 109 Å². The van der Waals surface area contributed by atoms with Gasteiger partial charge in [0.2, 0.25) is 0 Å². The molecule has 0 saturated heterocycles. The van der Waals surface area contributed by atoms with E-state index in [1.54, 1.807) is 24.3 Å². The normalized spacial score (nSPS) is 13.3. The van der Waals surface area contributed by atoms with E-state index in [1.165, 1.54) is 16.8 Å². The maximum absolute atomic E-state index is 12.6. The van der Waals surface area contributed by atoms with Gasteiger partial charge < -0.3 is 9.47 Å². The molecule has 0 aliphatic carbocycles. The zero-order chi connectivity index (χ0) is 17.4. The molecule has 0 radical (unpaired) electrons. The standard InChI is InChI=1S/C16H12N4O5/c21-16-13-3-1-2-4-14(13)17-18-19(16)7-10-5-12(20(22)23)6-11-8-24-9-25-15(10)11/h1-6H,7-9H2. The zero-order valence-corrected chi connectivity index (χ0v) is 12.9. The molecule has 0 bridgehead atoms. The third-order valence-corrected chi connectivity index (χ3v) is 3.93. The quantitative estimate of drug-likeness (QED) is 0.526. The van der Waals surface area contributed by atoms with Crippen LogP contribution >= 0.6 is 0 Å². The van der Waals surface area contributed by atoms with E-state index < -0.39 is 4.92 Å². The summed E-state index contributed by atoms with van der Waals surface area (Å²) in [5, 5.41) is 19.5. The van der Waals surface area contributed by atoms with Crippen molar-refractivity contribution in [3.05, 3.63) is 68.0 Å². The Balaban J connectivity index is 1.83. The van der Waals surface area contributed by atoms with Crippen molar-refractivity contribution in [1.29, 1.82) is 0 Å². The molecule has 25 heavy (non-hydrogen) atoms. The van der Waals surface area contributed by atoms with Crippen molar-refractivity contribution in [3.63, 3.8) is 0 Å². The third kappa shape index (κ3) is 2.70. The molecule has 1 aliphatic heterocycles. The lowest BCUT2D eigenvalue weighted by Crippen LogP contribution is -2.25. The smallest absolute Gasteiger partial charge is 0.277 e. The Morgan fingerprint density at radius 3 is 2.96 bits per heavy atom. The molecule has 0 unspecified atom stereocenters. The molecule has 0 saturated carbocycles. The predicted molar refractivity (Wildman–Crippen MR) is 86.3 cm³/mol. The minimum atomic E-state index is -0.493. The van der Waals surface area contributed by atoms with E-state index in [2.05, 4.69) is 10.3 Å². The summed E-state index contributed by atoms with van der Waals surface area (Å²) < 4.78 is 11.8. The third-order valence-electron chi connectivity index (χ3n) is 3.93. The number of ether oxygens (including phenoxy) is 2. The molecule has 0 atom stereocenters. The Morgan fingerprint density at radius 1 is 1.28 bits per heavy atom. The van der Waals surface area contributed by atoms with E-state index in [0.29, 0.717) is 27.8 Å². The number of nitro groups is 1. The molecule has 2 heterocycles. The van der Waals surface area contributed by atoms with Crippen molar-refractivity contribution in [2.75, 3.05) is 6.79 Å². The Bertz CT molecular complexity index is 1050. The van der Waals surface area contributed by atoms with E-state index >= 15 is 0 Å². The lowest BCUT2D eigenvalue weighted by Gasteiger charge is -2.20. The fourth-order valence-electron chi connectivity index (χ4n) is 2.79. The second-order valence-corrected chi connectivity index (χ2v) is 5.53. The van der Waals surface area contributed by atoms with Crippen LogP contribution in [0.3, 0.4) is 0 Å². The fraction of sp³-hybridized carbons (Fsp3) is 0.188. The van der Waals surface area contributed by atoms with Gasteiger partial charge in [-0.2, -0.15) is 0 Å². The highest BCUT2D eigenvalue weighted by atomic mass is 16.7. The molecule has 2 aromatic carbocycles. The second-order valence-electron chi connectivity index (χ2n) is 5.53. The number of nitro benzene ring substituents is 1. The molecule has 4 rings (SSSR count). The van der Waals surface area contributed by atoms with Gasteiger partial charge in [0.1, 0.15) is 11.3 Å². The van der Waals surface area contributed by atoms with E-state index in [9.17, 15) is 14.9 Å². The Morgan fingerprint density at radius 2 is 2.12 bits per heavy atom. The highest BCUT2D eigenvalue weighted by Crippen LogP contribution is 2.32. The summed E-state index contributed by atoms with van der Waals surface area (Å²) in [6, 6.07) is 9.66. The van der Waals surface area contributed by atoms with E-state index in [1.807, 2.05) is 0 Å². The highest BCUT2D eigenvalue weighted by Gasteiger charge is 2.22. The number of rotatable bonds is 3. The van der Waals surface area contributed by atoms with Gasteiger partial charge in [0.05, 0.1) is 23.5 Å². The molecule has 1 aliphatic rings. The van der Waals surface area contributed by atoms with Crippen LogP contribution < -0.4 is 10.3 Å². The lowest BCUT2D eigenvalue weighted by molar-refractivity contribution is -0.385. The van der Waals surface area contributed by atoms with E-state index in [0.717, 1.165) is 0 Å². The number of non-ortho nitro benzene ring substituents is 1. The van der Waals surface area contributed by atoms with Crippen LogP contribution in [0.15, 0.2) is 41.2 Å². The Hall–Kier alpha value is -3.33. The number of fused-ring (bicyclic) bond motifs is 2. The molecule has 0 N–H and O–H groups in total. The summed E-state index contributed by atoms with van der Waals surface area (Å²) in [6.07, 6.45) is 0. The van der Waals surface area contributed by atoms with Gasteiger partial charge >= 0.3 is 0 Å². The molecule has 0 spiro atoms. The van der Waals surface area contributed by atoms with Gasteiger partial charge in [0, 0.05) is 23.3 Å². The van der Waals surface area contributed by atoms with Crippen LogP contribution in [0.4, 0.5) is 5.69 Å². The average Bonchev–Trinajstić information content (AvgIpc) is 2.64. The van der Waals surface area contributed by atoms with Crippen molar-refractivity contribution in [2.45, 2.75) is 13.2 Å². The maximum Gasteiger partial charge on any atom is 0.277 e. The lowest BCUT2D eigenvalue weighted by atomic mass is 10.1. The first-order valence-electron chi connectivity index (χ1n) is 7.47. The van der Waals surface area contributed by atoms with Crippen molar-refractivity contribution in [1.82, 2.24) is 15.0 Å². The SMILES string of the molecule is O=c1c2ccccc2nnn1Cc1cc([N+](=O)[O-])cc2c1OCOC2. The van der Waals surface area contributed by atoms with Gasteiger partial charge in [0.25, 0.3) is 11.2 Å². The van der Waals surface area contributed by atoms with Crippen molar-refractivity contribution in [2.24, 2.45) is 0 Å². The van der Waals surface area contributed by atoms with Crippen LogP contribution in [0.5, 0.6) is 5.75 Å². The number of nitrogens with zero attached hydrogens (tertiary/aromatic N) is 4. The van der Waals surface area contributed by atoms with Gasteiger partial charge in [-0.15, -0.1) is 5.10 Å². The average molecular weight is 340 g/mol. The fourth-order valence-corrected chi connectivity index (χ4v) is 2.79. The predicted octanol–water partition coefficient (Wildman–Crippen LogP) is 1.61. The first-order valence-corrected chi connectivity index (χ1v) is 7.47. The van der Waals surface area contributed by atoms with Crippen molar-refractivity contribution in [3.8, 4) is 5.75 Å². The van der Waals surface area contributed by atoms with Crippen LogP contribution in [0, 0.1) is 10.1 Å². The Labute approximate surface area is 140 Å². The Kier molecular flexibility index (Phi) is 3.62. The van der Waals surface area contributed by atoms with Crippen LogP contribution in [-0.2, 0) is 17.9 Å². The summed E-state index contributed by atoms with van der Waals surface area (Å²) >= 11 is 0. The number of hydrogen-bond donors (Lipinski definition) is 0. The summed E-state index contributed by atoms with van der Waals surface area (Å²) in [7, 11) is 0. The molecular weight excluding hydrogens is 328 g/mol. The molecule has 9 heteroatoms. The van der Waals surface area contributed by atoms with Crippen LogP contribution in [0.25, 0.3) is 10.9 Å². The van der Waals surface area contributed by atoms with Gasteiger partial charge in [-0.05, 0) is 12.1 Å². The number of benzene rings is 2. The van der Waals surface area contributed by atoms with Crippen molar-refractivity contribution >= 4 is 16.6 Å². The summed E-state index contributed by atoms with van der Waals surface area (Å²) in [5.74, 6) is 0.485. The van der Waals surface area contributed by atoms with Gasteiger partial charge in [0.15, 0.2) is 6.79 Å². The second kappa shape index (κ2) is 5.95. The van der Waals surface area contributed by atoms with Crippen LogP contribution in [-0.4, -0.2) is 26.7 Å². The molecule has 0 amide bonds. The molecule has 1 aromatic heterocycles. The van der Waals surface area contributed by atoms with Crippen molar-refractivity contribution < 1.29 is 14.4 Å².